The Hall–Kier alpha value is -5.09. The van der Waals surface area contributed by atoms with Gasteiger partial charge in [-0.1, -0.05) is 60.7 Å². The summed E-state index contributed by atoms with van der Waals surface area (Å²) in [5.41, 5.74) is 8.82. The molecule has 4 aromatic rings. The molecule has 8 nitrogen and oxygen atoms in total. The lowest BCUT2D eigenvalue weighted by Gasteiger charge is -2.24. The van der Waals surface area contributed by atoms with E-state index in [1.165, 1.54) is 6.07 Å². The Bertz CT molecular complexity index is 1580. The molecule has 234 valence electrons. The summed E-state index contributed by atoms with van der Waals surface area (Å²) in [5, 5.41) is 8.33. The first kappa shape index (κ1) is 32.8. The molecule has 4 rings (SSSR count). The van der Waals surface area contributed by atoms with Crippen molar-refractivity contribution in [2.75, 3.05) is 6.61 Å². The van der Waals surface area contributed by atoms with Gasteiger partial charge in [0.05, 0.1) is 6.61 Å². The lowest BCUT2D eigenvalue weighted by molar-refractivity contribution is -0.130. The molecule has 0 heterocycles. The van der Waals surface area contributed by atoms with Crippen LogP contribution >= 0.6 is 0 Å². The molecular weight excluding hydrogens is 578 g/mol. The summed E-state index contributed by atoms with van der Waals surface area (Å²) in [6.45, 7) is 2.91. The molecule has 0 radical (unpaired) electrons. The third-order valence-corrected chi connectivity index (χ3v) is 7.11. The average Bonchev–Trinajstić information content (AvgIpc) is 3.06. The minimum atomic E-state index is -1.16. The van der Waals surface area contributed by atoms with E-state index in [4.69, 9.17) is 10.5 Å². The van der Waals surface area contributed by atoms with Crippen LogP contribution in [-0.4, -0.2) is 36.4 Å². The van der Waals surface area contributed by atoms with E-state index in [9.17, 15) is 23.2 Å². The average molecular weight is 615 g/mol. The molecule has 0 saturated carbocycles. The van der Waals surface area contributed by atoms with E-state index in [1.54, 1.807) is 54.6 Å². The van der Waals surface area contributed by atoms with Crippen LogP contribution < -0.4 is 26.4 Å². The number of carbonyl (C=O) groups excluding carboxylic acids is 3. The van der Waals surface area contributed by atoms with Gasteiger partial charge in [-0.25, -0.2) is 8.78 Å². The Morgan fingerprint density at radius 2 is 1.31 bits per heavy atom. The monoisotopic (exact) mass is 614 g/mol. The predicted octanol–water partition coefficient (Wildman–Crippen LogP) is 4.21. The quantitative estimate of drug-likeness (QED) is 0.170. The Labute approximate surface area is 261 Å². The Morgan fingerprint density at radius 1 is 0.711 bits per heavy atom. The number of nitrogens with two attached hydrogens (primary N) is 1. The topological polar surface area (TPSA) is 123 Å². The highest BCUT2D eigenvalue weighted by Gasteiger charge is 2.28. The molecule has 0 spiro atoms. The first-order valence-corrected chi connectivity index (χ1v) is 14.6. The van der Waals surface area contributed by atoms with Crippen molar-refractivity contribution in [1.29, 1.82) is 0 Å². The first-order valence-electron chi connectivity index (χ1n) is 14.6. The van der Waals surface area contributed by atoms with Crippen molar-refractivity contribution in [3.63, 3.8) is 0 Å². The third kappa shape index (κ3) is 9.70. The second-order valence-corrected chi connectivity index (χ2v) is 10.4. The highest BCUT2D eigenvalue weighted by atomic mass is 19.2. The number of carbonyl (C=O) groups is 3. The number of amides is 3. The SMILES string of the molecule is CCOc1ccc(C[C@@H](NC(=O)c2ccccc2)C(=O)N[C@@H](Cc2ccc(F)c(F)c2)C(=O)NCc2ccc(CN)cc2)cc1. The van der Waals surface area contributed by atoms with Crippen LogP contribution in [0.3, 0.4) is 0 Å². The van der Waals surface area contributed by atoms with Gasteiger partial charge in [-0.15, -0.1) is 0 Å². The maximum atomic E-state index is 14.0. The summed E-state index contributed by atoms with van der Waals surface area (Å²) in [7, 11) is 0. The molecule has 0 aliphatic carbocycles. The first-order chi connectivity index (χ1) is 21.7. The fourth-order valence-corrected chi connectivity index (χ4v) is 4.65. The summed E-state index contributed by atoms with van der Waals surface area (Å²) in [5.74, 6) is -3.06. The lowest BCUT2D eigenvalue weighted by atomic mass is 10.0. The van der Waals surface area contributed by atoms with Crippen molar-refractivity contribution in [3.8, 4) is 5.75 Å². The van der Waals surface area contributed by atoms with E-state index < -0.39 is 41.4 Å². The molecular formula is C35H36F2N4O4. The summed E-state index contributed by atoms with van der Waals surface area (Å²) >= 11 is 0. The fraction of sp³-hybridized carbons (Fsp3) is 0.229. The molecule has 3 amide bonds. The van der Waals surface area contributed by atoms with Gasteiger partial charge in [0.2, 0.25) is 11.8 Å². The van der Waals surface area contributed by atoms with Gasteiger partial charge in [0.25, 0.3) is 5.91 Å². The van der Waals surface area contributed by atoms with Gasteiger partial charge in [-0.05, 0) is 65.6 Å². The Morgan fingerprint density at radius 3 is 1.96 bits per heavy atom. The minimum Gasteiger partial charge on any atom is -0.494 e. The second-order valence-electron chi connectivity index (χ2n) is 10.4. The summed E-state index contributed by atoms with van der Waals surface area (Å²) in [4.78, 5) is 40.3. The largest absolute Gasteiger partial charge is 0.494 e. The fourth-order valence-electron chi connectivity index (χ4n) is 4.65. The zero-order chi connectivity index (χ0) is 32.2. The number of benzene rings is 4. The van der Waals surface area contributed by atoms with E-state index in [-0.39, 0.29) is 19.4 Å². The van der Waals surface area contributed by atoms with Gasteiger partial charge in [0, 0.05) is 31.5 Å². The Balaban J connectivity index is 1.56. The second kappa shape index (κ2) is 16.1. The van der Waals surface area contributed by atoms with Gasteiger partial charge in [0.15, 0.2) is 11.6 Å². The normalized spacial score (nSPS) is 12.1. The van der Waals surface area contributed by atoms with E-state index in [2.05, 4.69) is 16.0 Å². The Kier molecular flexibility index (Phi) is 11.8. The van der Waals surface area contributed by atoms with Crippen LogP contribution in [0.15, 0.2) is 97.1 Å². The smallest absolute Gasteiger partial charge is 0.251 e. The van der Waals surface area contributed by atoms with Crippen LogP contribution in [0.4, 0.5) is 8.78 Å². The van der Waals surface area contributed by atoms with Crippen molar-refractivity contribution in [2.24, 2.45) is 5.73 Å². The van der Waals surface area contributed by atoms with Crippen LogP contribution in [-0.2, 0) is 35.5 Å². The molecule has 0 bridgehead atoms. The number of ether oxygens (including phenoxy) is 1. The van der Waals surface area contributed by atoms with Gasteiger partial charge in [-0.3, -0.25) is 14.4 Å². The molecule has 0 unspecified atom stereocenters. The standard InChI is InChI=1S/C35H36F2N4O4/c1-2-45-28-15-12-23(13-16-28)19-32(40-33(42)27-6-4-3-5-7-27)35(44)41-31(20-26-14-17-29(36)30(37)18-26)34(43)39-22-25-10-8-24(21-38)9-11-25/h3-18,31-32H,2,19-22,38H2,1H3,(H,39,43)(H,40,42)(H,41,44)/t31-,32+/m0/s1. The van der Waals surface area contributed by atoms with E-state index in [0.29, 0.717) is 30.0 Å². The molecule has 10 heteroatoms. The highest BCUT2D eigenvalue weighted by Crippen LogP contribution is 2.15. The molecule has 2 atom stereocenters. The molecule has 45 heavy (non-hydrogen) atoms. The molecule has 0 fully saturated rings. The maximum Gasteiger partial charge on any atom is 0.251 e. The van der Waals surface area contributed by atoms with Crippen molar-refractivity contribution < 1.29 is 27.9 Å². The third-order valence-electron chi connectivity index (χ3n) is 7.11. The summed E-state index contributed by atoms with van der Waals surface area (Å²) in [6.07, 6.45) is -0.00684. The van der Waals surface area contributed by atoms with Gasteiger partial charge in [-0.2, -0.15) is 0 Å². The summed E-state index contributed by atoms with van der Waals surface area (Å²) in [6, 6.07) is 24.0. The number of nitrogens with one attached hydrogen (secondary N) is 3. The van der Waals surface area contributed by atoms with Gasteiger partial charge in [0.1, 0.15) is 17.8 Å². The van der Waals surface area contributed by atoms with Crippen molar-refractivity contribution in [2.45, 2.75) is 44.9 Å². The highest BCUT2D eigenvalue weighted by molar-refractivity contribution is 5.98. The van der Waals surface area contributed by atoms with Crippen LogP contribution in [0.1, 0.15) is 39.5 Å². The minimum absolute atomic E-state index is 0.115. The number of hydrogen-bond donors (Lipinski definition) is 4. The molecule has 0 aliphatic rings. The van der Waals surface area contributed by atoms with E-state index >= 15 is 0 Å². The van der Waals surface area contributed by atoms with Gasteiger partial charge >= 0.3 is 0 Å². The number of rotatable bonds is 14. The van der Waals surface area contributed by atoms with Crippen molar-refractivity contribution >= 4 is 17.7 Å². The van der Waals surface area contributed by atoms with E-state index in [0.717, 1.165) is 28.8 Å². The lowest BCUT2D eigenvalue weighted by Crippen LogP contribution is -2.55. The van der Waals surface area contributed by atoms with Gasteiger partial charge < -0.3 is 26.4 Å². The molecule has 5 N–H and O–H groups in total. The van der Waals surface area contributed by atoms with E-state index in [1.807, 2.05) is 31.2 Å². The van der Waals surface area contributed by atoms with Crippen LogP contribution in [0.2, 0.25) is 0 Å². The zero-order valence-electron chi connectivity index (χ0n) is 24.9. The van der Waals surface area contributed by atoms with Crippen LogP contribution in [0, 0.1) is 11.6 Å². The molecule has 0 aliphatic heterocycles. The molecule has 4 aromatic carbocycles. The van der Waals surface area contributed by atoms with Crippen molar-refractivity contribution in [1.82, 2.24) is 16.0 Å². The molecule has 0 aromatic heterocycles. The summed E-state index contributed by atoms with van der Waals surface area (Å²) < 4.78 is 33.2. The van der Waals surface area contributed by atoms with Crippen LogP contribution in [0.25, 0.3) is 0 Å². The molecule has 0 saturated heterocycles. The predicted molar refractivity (Wildman–Crippen MR) is 167 cm³/mol. The number of halogens is 2. The van der Waals surface area contributed by atoms with Crippen LogP contribution in [0.5, 0.6) is 5.75 Å². The zero-order valence-corrected chi connectivity index (χ0v) is 24.9. The van der Waals surface area contributed by atoms with Crippen molar-refractivity contribution in [3.05, 3.63) is 137 Å². The number of hydrogen-bond acceptors (Lipinski definition) is 5. The maximum absolute atomic E-state index is 14.0.